The molecule has 0 amide bonds. The predicted molar refractivity (Wildman–Crippen MR) is 80.3 cm³/mol. The number of nitrogens with zero attached hydrogens (tertiary/aromatic N) is 1. The van der Waals surface area contributed by atoms with Gasteiger partial charge in [0.2, 0.25) is 0 Å². The molecule has 19 heavy (non-hydrogen) atoms. The van der Waals surface area contributed by atoms with Gasteiger partial charge in [-0.1, -0.05) is 33.2 Å². The Labute approximate surface area is 122 Å². The Morgan fingerprint density at radius 3 is 2.89 bits per heavy atom. The standard InChI is InChI=1S/C14H20BrN3O/c1-10(11-3-2-4-12(15)7-11)17-9-14(5-6-14)8-13(16)18-19/h2-4,7,10,17,19H,5-6,8-9H2,1H3,(H2,16,18)/t10-/m1/s1. The molecule has 0 radical (unpaired) electrons. The normalized spacial score (nSPS) is 19.2. The number of oxime groups is 1. The molecule has 1 aliphatic carbocycles. The molecule has 5 heteroatoms. The van der Waals surface area contributed by atoms with E-state index in [2.05, 4.69) is 45.5 Å². The van der Waals surface area contributed by atoms with Crippen LogP contribution in [0.15, 0.2) is 33.9 Å². The highest BCUT2D eigenvalue weighted by molar-refractivity contribution is 9.10. The maximum absolute atomic E-state index is 8.65. The highest BCUT2D eigenvalue weighted by Crippen LogP contribution is 2.48. The average Bonchev–Trinajstić information content (AvgIpc) is 3.16. The molecule has 1 atom stereocenters. The number of amidine groups is 1. The summed E-state index contributed by atoms with van der Waals surface area (Å²) in [4.78, 5) is 0. The first kappa shape index (κ1) is 14.3. The van der Waals surface area contributed by atoms with Crippen molar-refractivity contribution >= 4 is 21.8 Å². The topological polar surface area (TPSA) is 70.6 Å². The van der Waals surface area contributed by atoms with Gasteiger partial charge in [-0.05, 0) is 42.9 Å². The zero-order valence-electron chi connectivity index (χ0n) is 11.1. The summed E-state index contributed by atoms with van der Waals surface area (Å²) in [5.74, 6) is 0.328. The van der Waals surface area contributed by atoms with E-state index in [-0.39, 0.29) is 5.41 Å². The van der Waals surface area contributed by atoms with Crippen molar-refractivity contribution in [2.75, 3.05) is 6.54 Å². The van der Waals surface area contributed by atoms with Crippen molar-refractivity contribution in [1.29, 1.82) is 0 Å². The molecule has 0 saturated heterocycles. The smallest absolute Gasteiger partial charge is 0.139 e. The van der Waals surface area contributed by atoms with Gasteiger partial charge in [-0.3, -0.25) is 0 Å². The van der Waals surface area contributed by atoms with Gasteiger partial charge in [0.15, 0.2) is 0 Å². The Kier molecular flexibility index (Phi) is 4.47. The molecule has 0 bridgehead atoms. The van der Waals surface area contributed by atoms with Crippen molar-refractivity contribution in [3.8, 4) is 0 Å². The van der Waals surface area contributed by atoms with Crippen molar-refractivity contribution < 1.29 is 5.21 Å². The van der Waals surface area contributed by atoms with Crippen LogP contribution in [0.25, 0.3) is 0 Å². The van der Waals surface area contributed by atoms with Crippen molar-refractivity contribution in [1.82, 2.24) is 5.32 Å². The molecule has 0 spiro atoms. The lowest BCUT2D eigenvalue weighted by Crippen LogP contribution is -2.30. The summed E-state index contributed by atoms with van der Waals surface area (Å²) in [6.07, 6.45) is 2.95. The van der Waals surface area contributed by atoms with Crippen LogP contribution in [-0.4, -0.2) is 17.6 Å². The largest absolute Gasteiger partial charge is 0.409 e. The highest BCUT2D eigenvalue weighted by Gasteiger charge is 2.43. The summed E-state index contributed by atoms with van der Waals surface area (Å²) >= 11 is 3.49. The van der Waals surface area contributed by atoms with Gasteiger partial charge in [0, 0.05) is 23.5 Å². The minimum absolute atomic E-state index is 0.191. The summed E-state index contributed by atoms with van der Waals surface area (Å²) in [6.45, 7) is 3.05. The van der Waals surface area contributed by atoms with E-state index in [1.54, 1.807) is 0 Å². The summed E-state index contributed by atoms with van der Waals surface area (Å²) in [6, 6.07) is 8.60. The fourth-order valence-electron chi connectivity index (χ4n) is 2.28. The van der Waals surface area contributed by atoms with E-state index >= 15 is 0 Å². The van der Waals surface area contributed by atoms with Gasteiger partial charge < -0.3 is 16.3 Å². The lowest BCUT2D eigenvalue weighted by atomic mass is 10.0. The van der Waals surface area contributed by atoms with E-state index < -0.39 is 0 Å². The summed E-state index contributed by atoms with van der Waals surface area (Å²) in [7, 11) is 0. The molecule has 0 aromatic heterocycles. The number of rotatable bonds is 6. The Bertz CT molecular complexity index is 472. The number of benzene rings is 1. The number of nitrogens with two attached hydrogens (primary N) is 1. The van der Waals surface area contributed by atoms with Gasteiger partial charge in [0.1, 0.15) is 5.84 Å². The first-order chi connectivity index (χ1) is 9.04. The molecule has 0 heterocycles. The molecular weight excluding hydrogens is 306 g/mol. The Balaban J connectivity index is 1.89. The van der Waals surface area contributed by atoms with Crippen LogP contribution in [-0.2, 0) is 0 Å². The fourth-order valence-corrected chi connectivity index (χ4v) is 2.69. The highest BCUT2D eigenvalue weighted by atomic mass is 79.9. The zero-order chi connectivity index (χ0) is 13.9. The van der Waals surface area contributed by atoms with Gasteiger partial charge >= 0.3 is 0 Å². The van der Waals surface area contributed by atoms with Crippen LogP contribution in [0.1, 0.15) is 37.8 Å². The zero-order valence-corrected chi connectivity index (χ0v) is 12.7. The SMILES string of the molecule is C[C@@H](NCC1(C/C(N)=N/O)CC1)c1cccc(Br)c1. The minimum Gasteiger partial charge on any atom is -0.409 e. The summed E-state index contributed by atoms with van der Waals surface area (Å²) in [5, 5.41) is 15.3. The fraction of sp³-hybridized carbons (Fsp3) is 0.500. The van der Waals surface area contributed by atoms with E-state index in [4.69, 9.17) is 10.9 Å². The number of hydrogen-bond donors (Lipinski definition) is 3. The maximum Gasteiger partial charge on any atom is 0.139 e. The monoisotopic (exact) mass is 325 g/mol. The molecule has 1 fully saturated rings. The molecular formula is C14H20BrN3O. The molecule has 1 aliphatic rings. The minimum atomic E-state index is 0.191. The van der Waals surface area contributed by atoms with Crippen LogP contribution in [0.4, 0.5) is 0 Å². The predicted octanol–water partition coefficient (Wildman–Crippen LogP) is 3.02. The van der Waals surface area contributed by atoms with E-state index in [0.29, 0.717) is 18.3 Å². The van der Waals surface area contributed by atoms with Crippen molar-refractivity contribution in [3.05, 3.63) is 34.3 Å². The summed E-state index contributed by atoms with van der Waals surface area (Å²) < 4.78 is 1.09. The van der Waals surface area contributed by atoms with Crippen LogP contribution in [0.2, 0.25) is 0 Å². The van der Waals surface area contributed by atoms with Gasteiger partial charge in [-0.25, -0.2) is 0 Å². The maximum atomic E-state index is 8.65. The number of hydrogen-bond acceptors (Lipinski definition) is 3. The third-order valence-electron chi connectivity index (χ3n) is 3.77. The molecule has 0 unspecified atom stereocenters. The molecule has 4 N–H and O–H groups in total. The van der Waals surface area contributed by atoms with Gasteiger partial charge in [-0.2, -0.15) is 0 Å². The van der Waals surface area contributed by atoms with E-state index in [0.717, 1.165) is 23.9 Å². The van der Waals surface area contributed by atoms with Crippen LogP contribution in [0.5, 0.6) is 0 Å². The molecule has 0 aliphatic heterocycles. The van der Waals surface area contributed by atoms with E-state index in [1.807, 2.05) is 12.1 Å². The van der Waals surface area contributed by atoms with Gasteiger partial charge in [-0.15, -0.1) is 0 Å². The van der Waals surface area contributed by atoms with Crippen molar-refractivity contribution in [3.63, 3.8) is 0 Å². The molecule has 1 saturated carbocycles. The van der Waals surface area contributed by atoms with Crippen molar-refractivity contribution in [2.24, 2.45) is 16.3 Å². The van der Waals surface area contributed by atoms with Crippen LogP contribution in [0.3, 0.4) is 0 Å². The quantitative estimate of drug-likeness (QED) is 0.326. The van der Waals surface area contributed by atoms with Crippen LogP contribution in [0, 0.1) is 5.41 Å². The molecule has 4 nitrogen and oxygen atoms in total. The third kappa shape index (κ3) is 3.94. The number of halogens is 1. The second-order valence-corrected chi connectivity index (χ2v) is 6.34. The Hall–Kier alpha value is -1.07. The molecule has 1 aromatic carbocycles. The van der Waals surface area contributed by atoms with Crippen molar-refractivity contribution in [2.45, 2.75) is 32.2 Å². The van der Waals surface area contributed by atoms with Crippen LogP contribution < -0.4 is 11.1 Å². The van der Waals surface area contributed by atoms with E-state index in [9.17, 15) is 0 Å². The molecule has 2 rings (SSSR count). The first-order valence-corrected chi connectivity index (χ1v) is 7.29. The average molecular weight is 326 g/mol. The summed E-state index contributed by atoms with van der Waals surface area (Å²) in [5.41, 5.74) is 7.05. The second kappa shape index (κ2) is 5.92. The molecule has 1 aromatic rings. The number of nitrogens with one attached hydrogen (secondary N) is 1. The van der Waals surface area contributed by atoms with E-state index in [1.165, 1.54) is 5.56 Å². The Morgan fingerprint density at radius 1 is 1.58 bits per heavy atom. The Morgan fingerprint density at radius 2 is 2.32 bits per heavy atom. The van der Waals surface area contributed by atoms with Gasteiger partial charge in [0.05, 0.1) is 0 Å². The third-order valence-corrected chi connectivity index (χ3v) is 4.27. The van der Waals surface area contributed by atoms with Crippen LogP contribution >= 0.6 is 15.9 Å². The second-order valence-electron chi connectivity index (χ2n) is 5.43. The van der Waals surface area contributed by atoms with Gasteiger partial charge in [0.25, 0.3) is 0 Å². The lowest BCUT2D eigenvalue weighted by molar-refractivity contribution is 0.313. The molecule has 104 valence electrons. The lowest BCUT2D eigenvalue weighted by Gasteiger charge is -2.20. The first-order valence-electron chi connectivity index (χ1n) is 6.50.